The van der Waals surface area contributed by atoms with E-state index in [1.807, 2.05) is 13.8 Å². The first-order chi connectivity index (χ1) is 13.8. The van der Waals surface area contributed by atoms with Crippen molar-refractivity contribution in [3.63, 3.8) is 0 Å². The second-order valence-electron chi connectivity index (χ2n) is 6.73. The molecule has 0 unspecified atom stereocenters. The van der Waals surface area contributed by atoms with Gasteiger partial charge >= 0.3 is 5.97 Å². The minimum atomic E-state index is -0.667. The van der Waals surface area contributed by atoms with Crippen molar-refractivity contribution >= 4 is 45.3 Å². The molecule has 1 N–H and O–H groups in total. The van der Waals surface area contributed by atoms with Crippen LogP contribution in [0.1, 0.15) is 38.3 Å². The number of benzene rings is 2. The standard InChI is InChI=1S/C21H19BrN2O5/c1-12-3-5-15-16(9-12)21(28)24(20(15)27)8-7-19(26)29-11-18(25)23-14-4-6-17(22)13(2)10-14/h3-6,9-10H,7-8,11H2,1-2H3,(H,23,25). The van der Waals surface area contributed by atoms with Gasteiger partial charge in [0, 0.05) is 16.7 Å². The summed E-state index contributed by atoms with van der Waals surface area (Å²) in [5, 5.41) is 2.64. The molecule has 1 heterocycles. The molecule has 150 valence electrons. The van der Waals surface area contributed by atoms with Gasteiger partial charge in [-0.05, 0) is 49.7 Å². The Labute approximate surface area is 176 Å². The third-order valence-corrected chi connectivity index (χ3v) is 5.36. The van der Waals surface area contributed by atoms with Gasteiger partial charge in [0.05, 0.1) is 17.5 Å². The van der Waals surface area contributed by atoms with Crippen LogP contribution in [0.25, 0.3) is 0 Å². The van der Waals surface area contributed by atoms with Crippen LogP contribution in [0.5, 0.6) is 0 Å². The number of ether oxygens (including phenoxy) is 1. The lowest BCUT2D eigenvalue weighted by molar-refractivity contribution is -0.147. The molecule has 0 spiro atoms. The van der Waals surface area contributed by atoms with Gasteiger partial charge in [0.1, 0.15) is 0 Å². The fraction of sp³-hybridized carbons (Fsp3) is 0.238. The number of nitrogens with zero attached hydrogens (tertiary/aromatic N) is 1. The topological polar surface area (TPSA) is 92.8 Å². The molecule has 0 aliphatic carbocycles. The Morgan fingerprint density at radius 3 is 2.48 bits per heavy atom. The SMILES string of the molecule is Cc1ccc2c(c1)C(=O)N(CCC(=O)OCC(=O)Nc1ccc(Br)c(C)c1)C2=O. The van der Waals surface area contributed by atoms with Gasteiger partial charge in [-0.25, -0.2) is 0 Å². The molecule has 0 fully saturated rings. The van der Waals surface area contributed by atoms with Crippen LogP contribution in [0.3, 0.4) is 0 Å². The van der Waals surface area contributed by atoms with Crippen molar-refractivity contribution in [2.24, 2.45) is 0 Å². The second kappa shape index (κ2) is 8.57. The van der Waals surface area contributed by atoms with E-state index in [0.717, 1.165) is 20.5 Å². The molecule has 8 heteroatoms. The Balaban J connectivity index is 1.48. The highest BCUT2D eigenvalue weighted by Gasteiger charge is 2.35. The summed E-state index contributed by atoms with van der Waals surface area (Å²) in [6, 6.07) is 10.3. The molecule has 7 nitrogen and oxygen atoms in total. The first-order valence-corrected chi connectivity index (χ1v) is 9.74. The number of aryl methyl sites for hydroxylation is 2. The van der Waals surface area contributed by atoms with E-state index in [9.17, 15) is 19.2 Å². The fourth-order valence-electron chi connectivity index (χ4n) is 2.95. The molecular formula is C21H19BrN2O5. The summed E-state index contributed by atoms with van der Waals surface area (Å²) in [5.41, 5.74) is 3.09. The predicted molar refractivity (Wildman–Crippen MR) is 110 cm³/mol. The number of carbonyl (C=O) groups is 4. The number of amides is 3. The molecule has 2 aromatic carbocycles. The number of fused-ring (bicyclic) bond motifs is 1. The largest absolute Gasteiger partial charge is 0.456 e. The molecule has 1 aliphatic rings. The van der Waals surface area contributed by atoms with E-state index in [2.05, 4.69) is 21.2 Å². The summed E-state index contributed by atoms with van der Waals surface area (Å²) in [7, 11) is 0. The molecule has 0 saturated heterocycles. The Bertz CT molecular complexity index is 1020. The zero-order valence-electron chi connectivity index (χ0n) is 16.0. The van der Waals surface area contributed by atoms with Crippen molar-refractivity contribution in [1.29, 1.82) is 0 Å². The summed E-state index contributed by atoms with van der Waals surface area (Å²) in [4.78, 5) is 49.6. The maximum absolute atomic E-state index is 12.4. The number of hydrogen-bond donors (Lipinski definition) is 1. The van der Waals surface area contributed by atoms with Crippen LogP contribution < -0.4 is 5.32 Å². The minimum absolute atomic E-state index is 0.0995. The second-order valence-corrected chi connectivity index (χ2v) is 7.59. The number of anilines is 1. The first kappa shape index (κ1) is 20.7. The number of esters is 1. The summed E-state index contributed by atoms with van der Waals surface area (Å²) < 4.78 is 5.87. The Morgan fingerprint density at radius 2 is 1.76 bits per heavy atom. The van der Waals surface area contributed by atoms with Crippen LogP contribution >= 0.6 is 15.9 Å². The van der Waals surface area contributed by atoms with Crippen LogP contribution in [0, 0.1) is 13.8 Å². The van der Waals surface area contributed by atoms with Crippen LogP contribution in [-0.4, -0.2) is 41.7 Å². The summed E-state index contributed by atoms with van der Waals surface area (Å²) in [6.07, 6.45) is -0.185. The number of nitrogens with one attached hydrogen (secondary N) is 1. The zero-order valence-corrected chi connectivity index (χ0v) is 17.5. The maximum atomic E-state index is 12.4. The third-order valence-electron chi connectivity index (χ3n) is 4.47. The first-order valence-electron chi connectivity index (χ1n) is 8.94. The van der Waals surface area contributed by atoms with Gasteiger partial charge in [0.2, 0.25) is 0 Å². The lowest BCUT2D eigenvalue weighted by Gasteiger charge is -2.13. The van der Waals surface area contributed by atoms with Gasteiger partial charge < -0.3 is 10.1 Å². The average Bonchev–Trinajstić information content (AvgIpc) is 2.91. The van der Waals surface area contributed by atoms with Crippen molar-refractivity contribution in [3.8, 4) is 0 Å². The molecule has 2 aromatic rings. The zero-order chi connectivity index (χ0) is 21.1. The number of carbonyl (C=O) groups excluding carboxylic acids is 4. The maximum Gasteiger partial charge on any atom is 0.308 e. The van der Waals surface area contributed by atoms with Crippen molar-refractivity contribution in [1.82, 2.24) is 4.90 Å². The highest BCUT2D eigenvalue weighted by atomic mass is 79.9. The highest BCUT2D eigenvalue weighted by molar-refractivity contribution is 9.10. The number of hydrogen-bond acceptors (Lipinski definition) is 5. The molecule has 3 amide bonds. The van der Waals surface area contributed by atoms with Gasteiger partial charge in [-0.3, -0.25) is 24.1 Å². The quantitative estimate of drug-likeness (QED) is 0.529. The molecule has 0 aromatic heterocycles. The Kier molecular flexibility index (Phi) is 6.12. The summed E-state index contributed by atoms with van der Waals surface area (Å²) in [6.45, 7) is 3.17. The molecule has 3 rings (SSSR count). The molecule has 0 atom stereocenters. The van der Waals surface area contributed by atoms with E-state index in [4.69, 9.17) is 4.74 Å². The Hall–Kier alpha value is -3.00. The van der Waals surface area contributed by atoms with Gasteiger partial charge in [-0.1, -0.05) is 27.6 Å². The summed E-state index contributed by atoms with van der Waals surface area (Å²) in [5.74, 6) is -2.00. The predicted octanol–water partition coefficient (Wildman–Crippen LogP) is 3.23. The van der Waals surface area contributed by atoms with Gasteiger partial charge in [-0.2, -0.15) is 0 Å². The molecule has 29 heavy (non-hydrogen) atoms. The van der Waals surface area contributed by atoms with Gasteiger partial charge in [0.25, 0.3) is 17.7 Å². The van der Waals surface area contributed by atoms with Crippen molar-refractivity contribution in [2.45, 2.75) is 20.3 Å². The average molecular weight is 459 g/mol. The molecule has 1 aliphatic heterocycles. The fourth-order valence-corrected chi connectivity index (χ4v) is 3.20. The third kappa shape index (κ3) is 4.71. The van der Waals surface area contributed by atoms with Gasteiger partial charge in [-0.15, -0.1) is 0 Å². The van der Waals surface area contributed by atoms with Crippen LogP contribution in [-0.2, 0) is 14.3 Å². The van der Waals surface area contributed by atoms with Crippen molar-refractivity contribution < 1.29 is 23.9 Å². The summed E-state index contributed by atoms with van der Waals surface area (Å²) >= 11 is 3.38. The van der Waals surface area contributed by atoms with E-state index >= 15 is 0 Å². The van der Waals surface area contributed by atoms with Crippen molar-refractivity contribution in [3.05, 3.63) is 63.1 Å². The number of imide groups is 1. The Morgan fingerprint density at radius 1 is 1.03 bits per heavy atom. The lowest BCUT2D eigenvalue weighted by atomic mass is 10.1. The molecule has 0 saturated carbocycles. The molecule has 0 bridgehead atoms. The lowest BCUT2D eigenvalue weighted by Crippen LogP contribution is -2.32. The minimum Gasteiger partial charge on any atom is -0.456 e. The normalized spacial score (nSPS) is 12.7. The van der Waals surface area contributed by atoms with E-state index in [0.29, 0.717) is 16.8 Å². The number of halogens is 1. The van der Waals surface area contributed by atoms with Crippen LogP contribution in [0.15, 0.2) is 40.9 Å². The van der Waals surface area contributed by atoms with Crippen LogP contribution in [0.2, 0.25) is 0 Å². The highest BCUT2D eigenvalue weighted by Crippen LogP contribution is 2.24. The van der Waals surface area contributed by atoms with E-state index in [1.54, 1.807) is 36.4 Å². The number of rotatable bonds is 6. The molecule has 0 radical (unpaired) electrons. The molecular weight excluding hydrogens is 440 g/mol. The van der Waals surface area contributed by atoms with E-state index in [-0.39, 0.29) is 13.0 Å². The van der Waals surface area contributed by atoms with Crippen molar-refractivity contribution in [2.75, 3.05) is 18.5 Å². The van der Waals surface area contributed by atoms with Crippen LogP contribution in [0.4, 0.5) is 5.69 Å². The van der Waals surface area contributed by atoms with E-state index in [1.165, 1.54) is 0 Å². The monoisotopic (exact) mass is 458 g/mol. The van der Waals surface area contributed by atoms with E-state index < -0.39 is 30.3 Å². The van der Waals surface area contributed by atoms with Gasteiger partial charge in [0.15, 0.2) is 6.61 Å². The smallest absolute Gasteiger partial charge is 0.308 e.